The van der Waals surface area contributed by atoms with Gasteiger partial charge in [-0.2, -0.15) is 0 Å². The lowest BCUT2D eigenvalue weighted by atomic mass is 10.3. The summed E-state index contributed by atoms with van der Waals surface area (Å²) in [6.07, 6.45) is 1.46. The quantitative estimate of drug-likeness (QED) is 0.643. The highest BCUT2D eigenvalue weighted by Gasteiger charge is 2.13. The van der Waals surface area contributed by atoms with E-state index in [0.29, 0.717) is 13.0 Å². The fourth-order valence-electron chi connectivity index (χ4n) is 2.87. The molecule has 0 aliphatic heterocycles. The van der Waals surface area contributed by atoms with Gasteiger partial charge in [0.25, 0.3) is 0 Å². The van der Waals surface area contributed by atoms with E-state index in [-0.39, 0.29) is 18.4 Å². The van der Waals surface area contributed by atoms with Crippen molar-refractivity contribution in [2.45, 2.75) is 26.3 Å². The standard InChI is InChI=1S/C20H22N4O2/c1-15(25)21-13-7-12-19-23-17-10-5-6-11-18(17)24(19)14-20(26)22-16-8-3-2-4-9-16/h2-6,8-11H,7,12-14H2,1H3,(H,21,25)(H,22,26). The number of fused-ring (bicyclic) bond motifs is 1. The monoisotopic (exact) mass is 350 g/mol. The molecule has 3 rings (SSSR count). The summed E-state index contributed by atoms with van der Waals surface area (Å²) >= 11 is 0. The van der Waals surface area contributed by atoms with Crippen LogP contribution in [0.25, 0.3) is 11.0 Å². The summed E-state index contributed by atoms with van der Waals surface area (Å²) in [5.41, 5.74) is 2.58. The van der Waals surface area contributed by atoms with Crippen molar-refractivity contribution in [2.75, 3.05) is 11.9 Å². The van der Waals surface area contributed by atoms with Gasteiger partial charge < -0.3 is 15.2 Å². The number of nitrogens with zero attached hydrogens (tertiary/aromatic N) is 2. The zero-order chi connectivity index (χ0) is 18.4. The first-order chi connectivity index (χ1) is 12.6. The maximum Gasteiger partial charge on any atom is 0.244 e. The summed E-state index contributed by atoms with van der Waals surface area (Å²) in [5.74, 6) is 0.711. The van der Waals surface area contributed by atoms with Crippen LogP contribution in [0.3, 0.4) is 0 Å². The third-order valence-corrected chi connectivity index (χ3v) is 4.04. The molecule has 26 heavy (non-hydrogen) atoms. The van der Waals surface area contributed by atoms with Gasteiger partial charge in [-0.1, -0.05) is 30.3 Å². The molecular formula is C20H22N4O2. The van der Waals surface area contributed by atoms with E-state index in [2.05, 4.69) is 15.6 Å². The van der Waals surface area contributed by atoms with Crippen LogP contribution >= 0.6 is 0 Å². The van der Waals surface area contributed by atoms with Crippen molar-refractivity contribution >= 4 is 28.5 Å². The van der Waals surface area contributed by atoms with Gasteiger partial charge in [-0.25, -0.2) is 4.98 Å². The number of amides is 2. The van der Waals surface area contributed by atoms with E-state index < -0.39 is 0 Å². The summed E-state index contributed by atoms with van der Waals surface area (Å²) in [6, 6.07) is 17.2. The first-order valence-electron chi connectivity index (χ1n) is 8.67. The fraction of sp³-hybridized carbons (Fsp3) is 0.250. The van der Waals surface area contributed by atoms with Crippen molar-refractivity contribution in [3.8, 4) is 0 Å². The predicted molar refractivity (Wildman–Crippen MR) is 102 cm³/mol. The molecule has 1 aromatic heterocycles. The lowest BCUT2D eigenvalue weighted by Gasteiger charge is -2.10. The zero-order valence-electron chi connectivity index (χ0n) is 14.7. The molecule has 6 heteroatoms. The van der Waals surface area contributed by atoms with Crippen molar-refractivity contribution in [1.29, 1.82) is 0 Å². The molecule has 0 fully saturated rings. The number of benzene rings is 2. The van der Waals surface area contributed by atoms with Gasteiger partial charge in [0.15, 0.2) is 0 Å². The number of imidazole rings is 1. The van der Waals surface area contributed by atoms with Crippen molar-refractivity contribution in [1.82, 2.24) is 14.9 Å². The van der Waals surface area contributed by atoms with Crippen LogP contribution in [0.1, 0.15) is 19.2 Å². The van der Waals surface area contributed by atoms with E-state index in [4.69, 9.17) is 0 Å². The van der Waals surface area contributed by atoms with Crippen LogP contribution in [0.5, 0.6) is 0 Å². The topological polar surface area (TPSA) is 76.0 Å². The van der Waals surface area contributed by atoms with E-state index in [1.54, 1.807) is 0 Å². The van der Waals surface area contributed by atoms with Crippen molar-refractivity contribution in [3.63, 3.8) is 0 Å². The molecule has 0 unspecified atom stereocenters. The highest BCUT2D eigenvalue weighted by atomic mass is 16.2. The van der Waals surface area contributed by atoms with E-state index in [1.807, 2.05) is 59.2 Å². The average Bonchev–Trinajstić information content (AvgIpc) is 2.97. The fourth-order valence-corrected chi connectivity index (χ4v) is 2.87. The second-order valence-electron chi connectivity index (χ2n) is 6.10. The number of aryl methyl sites for hydroxylation is 1. The van der Waals surface area contributed by atoms with Crippen LogP contribution in [0, 0.1) is 0 Å². The minimum absolute atomic E-state index is 0.0410. The maximum absolute atomic E-state index is 12.5. The molecule has 0 saturated heterocycles. The van der Waals surface area contributed by atoms with E-state index in [9.17, 15) is 9.59 Å². The largest absolute Gasteiger partial charge is 0.356 e. The number of anilines is 1. The first kappa shape index (κ1) is 17.7. The summed E-state index contributed by atoms with van der Waals surface area (Å²) < 4.78 is 1.95. The van der Waals surface area contributed by atoms with Crippen LogP contribution < -0.4 is 10.6 Å². The highest BCUT2D eigenvalue weighted by molar-refractivity contribution is 5.91. The second-order valence-corrected chi connectivity index (χ2v) is 6.10. The molecule has 0 atom stereocenters. The van der Waals surface area contributed by atoms with Gasteiger partial charge in [0.05, 0.1) is 11.0 Å². The Kier molecular flexibility index (Phi) is 5.63. The summed E-state index contributed by atoms with van der Waals surface area (Å²) in [5, 5.41) is 5.70. The molecule has 3 aromatic rings. The number of carbonyl (C=O) groups excluding carboxylic acids is 2. The number of hydrogen-bond donors (Lipinski definition) is 2. The molecule has 0 saturated carbocycles. The molecule has 2 aromatic carbocycles. The molecule has 0 aliphatic carbocycles. The van der Waals surface area contributed by atoms with Gasteiger partial charge in [0, 0.05) is 25.6 Å². The van der Waals surface area contributed by atoms with Crippen molar-refractivity contribution in [3.05, 3.63) is 60.4 Å². The molecule has 1 heterocycles. The van der Waals surface area contributed by atoms with E-state index >= 15 is 0 Å². The molecule has 2 N–H and O–H groups in total. The number of hydrogen-bond acceptors (Lipinski definition) is 3. The first-order valence-corrected chi connectivity index (χ1v) is 8.67. The minimum atomic E-state index is -0.0949. The minimum Gasteiger partial charge on any atom is -0.356 e. The Bertz CT molecular complexity index is 903. The number of carbonyl (C=O) groups is 2. The number of para-hydroxylation sites is 3. The Hall–Kier alpha value is -3.15. The molecule has 0 bridgehead atoms. The third kappa shape index (κ3) is 4.47. The van der Waals surface area contributed by atoms with Crippen LogP contribution in [0.4, 0.5) is 5.69 Å². The Labute approximate surface area is 152 Å². The lowest BCUT2D eigenvalue weighted by Crippen LogP contribution is -2.23. The van der Waals surface area contributed by atoms with E-state index in [0.717, 1.165) is 29.0 Å². The Morgan fingerprint density at radius 1 is 1.04 bits per heavy atom. The molecule has 0 radical (unpaired) electrons. The third-order valence-electron chi connectivity index (χ3n) is 4.04. The van der Waals surface area contributed by atoms with Gasteiger partial charge in [-0.3, -0.25) is 9.59 Å². The van der Waals surface area contributed by atoms with Gasteiger partial charge >= 0.3 is 0 Å². The normalized spacial score (nSPS) is 10.7. The molecule has 134 valence electrons. The SMILES string of the molecule is CC(=O)NCCCc1nc2ccccc2n1CC(=O)Nc1ccccc1. The zero-order valence-corrected chi connectivity index (χ0v) is 14.7. The molecule has 6 nitrogen and oxygen atoms in total. The molecule has 0 aliphatic rings. The Morgan fingerprint density at radius 2 is 1.77 bits per heavy atom. The number of aromatic nitrogens is 2. The van der Waals surface area contributed by atoms with Crippen LogP contribution in [-0.2, 0) is 22.6 Å². The smallest absolute Gasteiger partial charge is 0.244 e. The molecular weight excluding hydrogens is 328 g/mol. The van der Waals surface area contributed by atoms with E-state index in [1.165, 1.54) is 6.92 Å². The second kappa shape index (κ2) is 8.29. The highest BCUT2D eigenvalue weighted by Crippen LogP contribution is 2.17. The Balaban J connectivity index is 1.75. The average molecular weight is 350 g/mol. The number of nitrogens with one attached hydrogen (secondary N) is 2. The lowest BCUT2D eigenvalue weighted by molar-refractivity contribution is -0.119. The van der Waals surface area contributed by atoms with Crippen molar-refractivity contribution < 1.29 is 9.59 Å². The van der Waals surface area contributed by atoms with Gasteiger partial charge in [-0.05, 0) is 30.7 Å². The van der Waals surface area contributed by atoms with Gasteiger partial charge in [0.1, 0.15) is 12.4 Å². The summed E-state index contributed by atoms with van der Waals surface area (Å²) in [4.78, 5) is 28.1. The maximum atomic E-state index is 12.5. The van der Waals surface area contributed by atoms with Gasteiger partial charge in [0.2, 0.25) is 11.8 Å². The van der Waals surface area contributed by atoms with Crippen LogP contribution in [0.2, 0.25) is 0 Å². The number of rotatable bonds is 7. The predicted octanol–water partition coefficient (Wildman–Crippen LogP) is 2.74. The molecule has 2 amide bonds. The van der Waals surface area contributed by atoms with Crippen LogP contribution in [-0.4, -0.2) is 27.9 Å². The van der Waals surface area contributed by atoms with Crippen LogP contribution in [0.15, 0.2) is 54.6 Å². The van der Waals surface area contributed by atoms with Gasteiger partial charge in [-0.15, -0.1) is 0 Å². The van der Waals surface area contributed by atoms with Crippen molar-refractivity contribution in [2.24, 2.45) is 0 Å². The summed E-state index contributed by atoms with van der Waals surface area (Å²) in [6.45, 7) is 2.29. The molecule has 0 spiro atoms. The Morgan fingerprint density at radius 3 is 2.54 bits per heavy atom. The summed E-state index contributed by atoms with van der Waals surface area (Å²) in [7, 11) is 0.